The quantitative estimate of drug-likeness (QED) is 0.829. The fourth-order valence-corrected chi connectivity index (χ4v) is 2.50. The van der Waals surface area contributed by atoms with E-state index in [-0.39, 0.29) is 5.91 Å². The topological polar surface area (TPSA) is 45.5 Å². The fraction of sp³-hybridized carbons (Fsp3) is 0.421. The molecule has 1 aromatic heterocycles. The summed E-state index contributed by atoms with van der Waals surface area (Å²) >= 11 is 0. The summed E-state index contributed by atoms with van der Waals surface area (Å²) in [4.78, 5) is 13.5. The van der Waals surface area contributed by atoms with Crippen LogP contribution in [0.25, 0.3) is 0 Å². The molecule has 1 aromatic carbocycles. The minimum absolute atomic E-state index is 0.0503. The molecule has 1 N–H and O–H groups in total. The van der Waals surface area contributed by atoms with Crippen molar-refractivity contribution in [1.29, 1.82) is 0 Å². The van der Waals surface area contributed by atoms with Gasteiger partial charge in [-0.15, -0.1) is 0 Å². The Kier molecular flexibility index (Phi) is 5.99. The van der Waals surface area contributed by atoms with Crippen LogP contribution in [0.1, 0.15) is 39.0 Å². The van der Waals surface area contributed by atoms with E-state index in [2.05, 4.69) is 43.1 Å². The van der Waals surface area contributed by atoms with Crippen molar-refractivity contribution in [3.05, 3.63) is 54.0 Å². The third-order valence-corrected chi connectivity index (χ3v) is 4.14. The number of carbonyl (C=O) groups excluding carboxylic acids is 1. The lowest BCUT2D eigenvalue weighted by atomic mass is 10.0. The van der Waals surface area contributed by atoms with Gasteiger partial charge in [0.05, 0.1) is 12.8 Å². The van der Waals surface area contributed by atoms with Crippen LogP contribution in [0.2, 0.25) is 0 Å². The van der Waals surface area contributed by atoms with Crippen molar-refractivity contribution in [3.63, 3.8) is 0 Å². The lowest BCUT2D eigenvalue weighted by Crippen LogP contribution is -2.35. The normalized spacial score (nSPS) is 12.6. The van der Waals surface area contributed by atoms with E-state index >= 15 is 0 Å². The van der Waals surface area contributed by atoms with Crippen molar-refractivity contribution in [1.82, 2.24) is 4.90 Å². The minimum atomic E-state index is -0.0503. The highest BCUT2D eigenvalue weighted by atomic mass is 16.3. The van der Waals surface area contributed by atoms with Crippen molar-refractivity contribution in [3.8, 4) is 0 Å². The van der Waals surface area contributed by atoms with Crippen LogP contribution in [-0.2, 0) is 17.9 Å². The van der Waals surface area contributed by atoms with E-state index < -0.39 is 0 Å². The average molecular weight is 314 g/mol. The van der Waals surface area contributed by atoms with Crippen LogP contribution in [0, 0.1) is 5.92 Å². The highest BCUT2D eigenvalue weighted by Crippen LogP contribution is 2.19. The standard InChI is InChI=1S/C19H26N2O2/c1-14(2)15(3)21(13-19-6-5-11-23-19)12-17-7-9-18(10-8-17)20-16(4)22/h5-11,14-15H,12-13H2,1-4H3,(H,20,22). The molecule has 0 aliphatic rings. The number of anilines is 1. The van der Waals surface area contributed by atoms with Crippen LogP contribution in [0.4, 0.5) is 5.69 Å². The molecule has 0 saturated carbocycles. The number of carbonyl (C=O) groups is 1. The molecule has 0 aliphatic carbocycles. The molecular weight excluding hydrogens is 288 g/mol. The number of rotatable bonds is 7. The molecule has 2 rings (SSSR count). The Morgan fingerprint density at radius 2 is 1.83 bits per heavy atom. The van der Waals surface area contributed by atoms with Gasteiger partial charge in [-0.05, 0) is 42.7 Å². The Morgan fingerprint density at radius 3 is 2.35 bits per heavy atom. The van der Waals surface area contributed by atoms with Gasteiger partial charge < -0.3 is 9.73 Å². The smallest absolute Gasteiger partial charge is 0.221 e. The number of nitrogens with zero attached hydrogens (tertiary/aromatic N) is 1. The first-order valence-electron chi connectivity index (χ1n) is 8.08. The van der Waals surface area contributed by atoms with Crippen LogP contribution < -0.4 is 5.32 Å². The summed E-state index contributed by atoms with van der Waals surface area (Å²) in [5.74, 6) is 1.49. The second kappa shape index (κ2) is 7.97. The Morgan fingerprint density at radius 1 is 1.13 bits per heavy atom. The van der Waals surface area contributed by atoms with Crippen LogP contribution in [0.5, 0.6) is 0 Å². The lowest BCUT2D eigenvalue weighted by Gasteiger charge is -2.31. The number of nitrogens with one attached hydrogen (secondary N) is 1. The van der Waals surface area contributed by atoms with Gasteiger partial charge in [-0.2, -0.15) is 0 Å². The van der Waals surface area contributed by atoms with Crippen molar-refractivity contribution in [2.45, 2.75) is 46.8 Å². The largest absolute Gasteiger partial charge is 0.468 e. The minimum Gasteiger partial charge on any atom is -0.468 e. The van der Waals surface area contributed by atoms with E-state index in [4.69, 9.17) is 4.42 Å². The van der Waals surface area contributed by atoms with Crippen molar-refractivity contribution in [2.75, 3.05) is 5.32 Å². The van der Waals surface area contributed by atoms with Gasteiger partial charge in [0.15, 0.2) is 0 Å². The molecule has 0 saturated heterocycles. The Hall–Kier alpha value is -2.07. The zero-order chi connectivity index (χ0) is 16.8. The summed E-state index contributed by atoms with van der Waals surface area (Å²) < 4.78 is 5.51. The van der Waals surface area contributed by atoms with Gasteiger partial charge in [0.2, 0.25) is 5.91 Å². The molecule has 4 heteroatoms. The molecular formula is C19H26N2O2. The van der Waals surface area contributed by atoms with Gasteiger partial charge in [-0.3, -0.25) is 9.69 Å². The molecule has 0 bridgehead atoms. The average Bonchev–Trinajstić information content (AvgIpc) is 3.00. The molecule has 0 spiro atoms. The maximum atomic E-state index is 11.1. The van der Waals surface area contributed by atoms with Gasteiger partial charge in [-0.25, -0.2) is 0 Å². The van der Waals surface area contributed by atoms with Crippen molar-refractivity contribution < 1.29 is 9.21 Å². The van der Waals surface area contributed by atoms with E-state index in [0.29, 0.717) is 12.0 Å². The second-order valence-electron chi connectivity index (χ2n) is 6.35. The molecule has 1 heterocycles. The molecule has 2 aromatic rings. The zero-order valence-electron chi connectivity index (χ0n) is 14.4. The first-order valence-corrected chi connectivity index (χ1v) is 8.08. The van der Waals surface area contributed by atoms with E-state index in [9.17, 15) is 4.79 Å². The molecule has 1 amide bonds. The summed E-state index contributed by atoms with van der Waals surface area (Å²) in [7, 11) is 0. The lowest BCUT2D eigenvalue weighted by molar-refractivity contribution is -0.114. The second-order valence-corrected chi connectivity index (χ2v) is 6.35. The fourth-order valence-electron chi connectivity index (χ4n) is 2.50. The predicted octanol–water partition coefficient (Wildman–Crippen LogP) is 4.28. The first-order chi connectivity index (χ1) is 11.0. The number of hydrogen-bond donors (Lipinski definition) is 1. The van der Waals surface area contributed by atoms with Crippen LogP contribution in [-0.4, -0.2) is 16.8 Å². The summed E-state index contributed by atoms with van der Waals surface area (Å²) in [6.07, 6.45) is 1.72. The van der Waals surface area contributed by atoms with Gasteiger partial charge >= 0.3 is 0 Å². The Labute approximate surface area is 138 Å². The SMILES string of the molecule is CC(=O)Nc1ccc(CN(Cc2ccco2)C(C)C(C)C)cc1. The van der Waals surface area contributed by atoms with Crippen LogP contribution in [0.15, 0.2) is 47.1 Å². The molecule has 23 heavy (non-hydrogen) atoms. The zero-order valence-corrected chi connectivity index (χ0v) is 14.4. The number of hydrogen-bond acceptors (Lipinski definition) is 3. The molecule has 124 valence electrons. The highest BCUT2D eigenvalue weighted by Gasteiger charge is 2.18. The van der Waals surface area contributed by atoms with E-state index in [1.165, 1.54) is 12.5 Å². The summed E-state index contributed by atoms with van der Waals surface area (Å²) in [6.45, 7) is 9.88. The first kappa shape index (κ1) is 17.3. The number of furan rings is 1. The van der Waals surface area contributed by atoms with Crippen molar-refractivity contribution in [2.24, 2.45) is 5.92 Å². The van der Waals surface area contributed by atoms with Gasteiger partial charge in [0.25, 0.3) is 0 Å². The Bertz CT molecular complexity index is 603. The maximum Gasteiger partial charge on any atom is 0.221 e. The summed E-state index contributed by atoms with van der Waals surface area (Å²) in [5, 5.41) is 2.80. The van der Waals surface area contributed by atoms with E-state index in [0.717, 1.165) is 24.5 Å². The van der Waals surface area contributed by atoms with Gasteiger partial charge in [0.1, 0.15) is 5.76 Å². The summed E-state index contributed by atoms with van der Waals surface area (Å²) in [5.41, 5.74) is 2.05. The number of benzene rings is 1. The summed E-state index contributed by atoms with van der Waals surface area (Å²) in [6, 6.07) is 12.4. The molecule has 0 radical (unpaired) electrons. The predicted molar refractivity (Wildman–Crippen MR) is 93.0 cm³/mol. The molecule has 4 nitrogen and oxygen atoms in total. The monoisotopic (exact) mass is 314 g/mol. The molecule has 1 atom stereocenters. The van der Waals surface area contributed by atoms with Crippen LogP contribution in [0.3, 0.4) is 0 Å². The molecule has 0 fully saturated rings. The maximum absolute atomic E-state index is 11.1. The third kappa shape index (κ3) is 5.25. The van der Waals surface area contributed by atoms with Crippen LogP contribution >= 0.6 is 0 Å². The molecule has 0 aliphatic heterocycles. The highest BCUT2D eigenvalue weighted by molar-refractivity contribution is 5.88. The third-order valence-electron chi connectivity index (χ3n) is 4.14. The van der Waals surface area contributed by atoms with E-state index in [1.54, 1.807) is 6.26 Å². The van der Waals surface area contributed by atoms with E-state index in [1.807, 2.05) is 24.3 Å². The number of amides is 1. The Balaban J connectivity index is 2.08. The molecule has 1 unspecified atom stereocenters. The van der Waals surface area contributed by atoms with Gasteiger partial charge in [-0.1, -0.05) is 26.0 Å². The van der Waals surface area contributed by atoms with Crippen molar-refractivity contribution >= 4 is 11.6 Å². The van der Waals surface area contributed by atoms with Gasteiger partial charge in [0, 0.05) is 25.2 Å².